The summed E-state index contributed by atoms with van der Waals surface area (Å²) in [5.74, 6) is -0.333. The van der Waals surface area contributed by atoms with Crippen molar-refractivity contribution in [2.45, 2.75) is 44.2 Å². The molecular formula is C11H18N4O2. The van der Waals surface area contributed by atoms with Crippen LogP contribution < -0.4 is 11.5 Å². The molecule has 0 radical (unpaired) electrons. The first-order valence-corrected chi connectivity index (χ1v) is 5.92. The zero-order chi connectivity index (χ0) is 12.4. The summed E-state index contributed by atoms with van der Waals surface area (Å²) in [6, 6.07) is -0.148. The van der Waals surface area contributed by atoms with Crippen LogP contribution in [-0.2, 0) is 0 Å². The molecule has 0 aliphatic heterocycles. The molecule has 1 amide bonds. The van der Waals surface area contributed by atoms with Gasteiger partial charge in [-0.15, -0.1) is 0 Å². The number of anilines is 1. The number of hydrogen-bond acceptors (Lipinski definition) is 4. The average molecular weight is 238 g/mol. The van der Waals surface area contributed by atoms with Crippen LogP contribution in [0.5, 0.6) is 0 Å². The van der Waals surface area contributed by atoms with Gasteiger partial charge in [-0.1, -0.05) is 19.3 Å². The van der Waals surface area contributed by atoms with Gasteiger partial charge < -0.3 is 16.6 Å². The monoisotopic (exact) mass is 238 g/mol. The third-order valence-corrected chi connectivity index (χ3v) is 3.36. The van der Waals surface area contributed by atoms with E-state index in [1.54, 1.807) is 0 Å². The fraction of sp³-hybridized carbons (Fsp3) is 0.636. The molecular weight excluding hydrogens is 220 g/mol. The minimum Gasteiger partial charge on any atom is -0.391 e. The van der Waals surface area contributed by atoms with Crippen molar-refractivity contribution in [2.75, 3.05) is 5.73 Å². The van der Waals surface area contributed by atoms with E-state index in [0.717, 1.165) is 32.1 Å². The maximum Gasteiger partial charge on any atom is 0.254 e. The highest BCUT2D eigenvalue weighted by Crippen LogP contribution is 2.29. The molecule has 0 aromatic carbocycles. The molecule has 6 heteroatoms. The molecule has 1 aromatic rings. The van der Waals surface area contributed by atoms with E-state index in [-0.39, 0.29) is 17.4 Å². The van der Waals surface area contributed by atoms with E-state index in [0.29, 0.717) is 0 Å². The molecule has 0 spiro atoms. The summed E-state index contributed by atoms with van der Waals surface area (Å²) in [7, 11) is 0. The number of nitrogens with two attached hydrogens (primary N) is 2. The third-order valence-electron chi connectivity index (χ3n) is 3.36. The Balaban J connectivity index is 2.29. The lowest BCUT2D eigenvalue weighted by Crippen LogP contribution is -2.25. The molecule has 1 aliphatic carbocycles. The lowest BCUT2D eigenvalue weighted by atomic mass is 10.1. The van der Waals surface area contributed by atoms with Gasteiger partial charge in [0.2, 0.25) is 0 Å². The molecule has 2 rings (SSSR count). The Morgan fingerprint density at radius 2 is 2.12 bits per heavy atom. The van der Waals surface area contributed by atoms with Crippen molar-refractivity contribution < 1.29 is 9.90 Å². The molecule has 1 fully saturated rings. The quantitative estimate of drug-likeness (QED) is 0.649. The van der Waals surface area contributed by atoms with Crippen LogP contribution in [0.25, 0.3) is 0 Å². The zero-order valence-electron chi connectivity index (χ0n) is 9.67. The van der Waals surface area contributed by atoms with Gasteiger partial charge >= 0.3 is 0 Å². The fourth-order valence-corrected chi connectivity index (χ4v) is 2.38. The van der Waals surface area contributed by atoms with Crippen molar-refractivity contribution in [3.63, 3.8) is 0 Å². The first kappa shape index (κ1) is 11.9. The summed E-state index contributed by atoms with van der Waals surface area (Å²) in [5, 5.41) is 14.1. The summed E-state index contributed by atoms with van der Waals surface area (Å²) in [6.45, 7) is 0. The van der Waals surface area contributed by atoms with Crippen molar-refractivity contribution in [1.82, 2.24) is 9.78 Å². The highest BCUT2D eigenvalue weighted by molar-refractivity contribution is 5.96. The highest BCUT2D eigenvalue weighted by Gasteiger charge is 2.26. The first-order chi connectivity index (χ1) is 8.11. The molecule has 94 valence electrons. The van der Waals surface area contributed by atoms with E-state index < -0.39 is 12.0 Å². The van der Waals surface area contributed by atoms with Crippen molar-refractivity contribution >= 4 is 11.7 Å². The van der Waals surface area contributed by atoms with Gasteiger partial charge in [0, 0.05) is 0 Å². The summed E-state index contributed by atoms with van der Waals surface area (Å²) in [4.78, 5) is 11.1. The second kappa shape index (κ2) is 4.75. The molecule has 0 saturated heterocycles. The van der Waals surface area contributed by atoms with Gasteiger partial charge in [0.15, 0.2) is 0 Å². The van der Waals surface area contributed by atoms with Crippen LogP contribution in [0.15, 0.2) is 6.20 Å². The minimum atomic E-state index is -0.586. The molecule has 6 nitrogen and oxygen atoms in total. The molecule has 1 aliphatic rings. The second-order valence-corrected chi connectivity index (χ2v) is 4.53. The maximum absolute atomic E-state index is 11.1. The number of nitrogens with zero attached hydrogens (tertiary/aromatic N) is 2. The summed E-state index contributed by atoms with van der Waals surface area (Å²) in [5.41, 5.74) is 11.2. The third kappa shape index (κ3) is 2.26. The van der Waals surface area contributed by atoms with Gasteiger partial charge in [-0.05, 0) is 12.8 Å². The van der Waals surface area contributed by atoms with Gasteiger partial charge in [-0.25, -0.2) is 4.68 Å². The normalized spacial score (nSPS) is 25.5. The Bertz CT molecular complexity index is 416. The SMILES string of the molecule is NC(=O)c1cnn(C2CCCCCC2O)c1N. The smallest absolute Gasteiger partial charge is 0.254 e. The Hall–Kier alpha value is -1.56. The first-order valence-electron chi connectivity index (χ1n) is 5.92. The van der Waals surface area contributed by atoms with Gasteiger partial charge in [0.1, 0.15) is 11.4 Å². The Morgan fingerprint density at radius 3 is 2.76 bits per heavy atom. The lowest BCUT2D eigenvalue weighted by molar-refractivity contribution is 0.0985. The highest BCUT2D eigenvalue weighted by atomic mass is 16.3. The standard InChI is InChI=1S/C11H18N4O2/c12-10-7(11(13)17)6-14-15(10)8-4-2-1-3-5-9(8)16/h6,8-9,16H,1-5,12H2,(H2,13,17). The number of aromatic nitrogens is 2. The number of hydrogen-bond donors (Lipinski definition) is 3. The molecule has 1 aromatic heterocycles. The number of primary amides is 1. The molecule has 1 saturated carbocycles. The van der Waals surface area contributed by atoms with E-state index in [1.807, 2.05) is 0 Å². The van der Waals surface area contributed by atoms with Gasteiger partial charge in [0.05, 0.1) is 18.3 Å². The number of amides is 1. The molecule has 5 N–H and O–H groups in total. The topological polar surface area (TPSA) is 107 Å². The zero-order valence-corrected chi connectivity index (χ0v) is 9.67. The predicted octanol–water partition coefficient (Wildman–Crippen LogP) is 0.430. The van der Waals surface area contributed by atoms with Crippen molar-refractivity contribution in [2.24, 2.45) is 5.73 Å². The number of nitrogen functional groups attached to an aromatic ring is 1. The van der Waals surface area contributed by atoms with Crippen LogP contribution in [0.3, 0.4) is 0 Å². The van der Waals surface area contributed by atoms with Gasteiger partial charge in [-0.2, -0.15) is 5.10 Å². The summed E-state index contributed by atoms with van der Waals surface area (Å²) >= 11 is 0. The number of carbonyl (C=O) groups is 1. The number of carbonyl (C=O) groups excluding carboxylic acids is 1. The number of rotatable bonds is 2. The molecule has 17 heavy (non-hydrogen) atoms. The largest absolute Gasteiger partial charge is 0.391 e. The predicted molar refractivity (Wildman–Crippen MR) is 63.3 cm³/mol. The van der Waals surface area contributed by atoms with Crippen molar-refractivity contribution in [3.8, 4) is 0 Å². The molecule has 0 bridgehead atoms. The average Bonchev–Trinajstić information content (AvgIpc) is 2.52. The van der Waals surface area contributed by atoms with E-state index >= 15 is 0 Å². The number of aliphatic hydroxyl groups excluding tert-OH is 1. The van der Waals surface area contributed by atoms with E-state index in [9.17, 15) is 9.90 Å². The lowest BCUT2D eigenvalue weighted by Gasteiger charge is -2.21. The summed E-state index contributed by atoms with van der Waals surface area (Å²) in [6.07, 6.45) is 5.64. The van der Waals surface area contributed by atoms with Crippen molar-refractivity contribution in [3.05, 3.63) is 11.8 Å². The van der Waals surface area contributed by atoms with Crippen LogP contribution in [-0.4, -0.2) is 26.9 Å². The Morgan fingerprint density at radius 1 is 1.41 bits per heavy atom. The Kier molecular flexibility index (Phi) is 3.33. The Labute approximate surface area is 99.6 Å². The van der Waals surface area contributed by atoms with E-state index in [2.05, 4.69) is 5.10 Å². The number of aliphatic hydroxyl groups is 1. The van der Waals surface area contributed by atoms with Gasteiger partial charge in [-0.3, -0.25) is 4.79 Å². The van der Waals surface area contributed by atoms with Crippen LogP contribution in [0.2, 0.25) is 0 Å². The van der Waals surface area contributed by atoms with Crippen molar-refractivity contribution in [1.29, 1.82) is 0 Å². The molecule has 2 atom stereocenters. The van der Waals surface area contributed by atoms with Gasteiger partial charge in [0.25, 0.3) is 5.91 Å². The fourth-order valence-electron chi connectivity index (χ4n) is 2.38. The molecule has 2 unspecified atom stereocenters. The van der Waals surface area contributed by atoms with E-state index in [4.69, 9.17) is 11.5 Å². The molecule has 1 heterocycles. The van der Waals surface area contributed by atoms with Crippen LogP contribution >= 0.6 is 0 Å². The van der Waals surface area contributed by atoms with Crippen LogP contribution in [0, 0.1) is 0 Å². The second-order valence-electron chi connectivity index (χ2n) is 4.53. The minimum absolute atomic E-state index is 0.148. The van der Waals surface area contributed by atoms with E-state index in [1.165, 1.54) is 10.9 Å². The maximum atomic E-state index is 11.1. The summed E-state index contributed by atoms with van der Waals surface area (Å²) < 4.78 is 1.54. The van der Waals surface area contributed by atoms with Crippen LogP contribution in [0.1, 0.15) is 48.5 Å². The van der Waals surface area contributed by atoms with Crippen LogP contribution in [0.4, 0.5) is 5.82 Å².